The van der Waals surface area contributed by atoms with Crippen LogP contribution in [0.25, 0.3) is 0 Å². The maximum absolute atomic E-state index is 12.0. The maximum atomic E-state index is 12.0. The van der Waals surface area contributed by atoms with Crippen LogP contribution in [0.5, 0.6) is 0 Å². The minimum Gasteiger partial charge on any atom is -0.460 e. The number of alkyl halides is 3. The first-order valence-electron chi connectivity index (χ1n) is 5.84. The highest BCUT2D eigenvalue weighted by Gasteiger charge is 2.48. The zero-order valence-electron chi connectivity index (χ0n) is 9.84. The van der Waals surface area contributed by atoms with Crippen LogP contribution in [-0.2, 0) is 4.74 Å². The van der Waals surface area contributed by atoms with Gasteiger partial charge in [-0.2, -0.15) is 13.2 Å². The molecule has 1 aliphatic heterocycles. The molecule has 4 N–H and O–H groups in total. The van der Waals surface area contributed by atoms with E-state index >= 15 is 0 Å². The van der Waals surface area contributed by atoms with Gasteiger partial charge in [0.15, 0.2) is 0 Å². The Labute approximate surface area is 106 Å². The van der Waals surface area contributed by atoms with Crippen LogP contribution in [0.1, 0.15) is 6.42 Å². The summed E-state index contributed by atoms with van der Waals surface area (Å²) in [4.78, 5) is 3.80. The van der Waals surface area contributed by atoms with E-state index in [-0.39, 0.29) is 19.0 Å². The van der Waals surface area contributed by atoms with Gasteiger partial charge in [0, 0.05) is 12.5 Å². The molecule has 1 aliphatic carbocycles. The van der Waals surface area contributed by atoms with Gasteiger partial charge >= 0.3 is 6.18 Å². The third-order valence-electron chi connectivity index (χ3n) is 3.30. The predicted molar refractivity (Wildman–Crippen MR) is 57.4 cm³/mol. The molecule has 0 unspecified atom stereocenters. The van der Waals surface area contributed by atoms with E-state index in [4.69, 9.17) is 9.84 Å². The average Bonchev–Trinajstić information content (AvgIpc) is 2.73. The molecule has 0 saturated heterocycles. The number of halogens is 3. The second-order valence-electron chi connectivity index (χ2n) is 4.71. The Morgan fingerprint density at radius 1 is 1.32 bits per heavy atom. The molecule has 0 aromatic heterocycles. The smallest absolute Gasteiger partial charge is 0.405 e. The third kappa shape index (κ3) is 3.10. The van der Waals surface area contributed by atoms with Crippen molar-refractivity contribution in [3.05, 3.63) is 0 Å². The lowest BCUT2D eigenvalue weighted by Crippen LogP contribution is -2.52. The van der Waals surface area contributed by atoms with Gasteiger partial charge in [-0.1, -0.05) is 0 Å². The number of aliphatic hydroxyl groups excluding tert-OH is 3. The molecule has 9 heteroatoms. The Morgan fingerprint density at radius 2 is 2.00 bits per heavy atom. The number of ether oxygens (including phenoxy) is 1. The van der Waals surface area contributed by atoms with E-state index in [1.165, 1.54) is 0 Å². The average molecular weight is 284 g/mol. The fourth-order valence-corrected chi connectivity index (χ4v) is 2.31. The number of aliphatic hydroxyl groups is 3. The highest BCUT2D eigenvalue weighted by molar-refractivity contribution is 5.75. The summed E-state index contributed by atoms with van der Waals surface area (Å²) in [6, 6.07) is -1.11. The lowest BCUT2D eigenvalue weighted by molar-refractivity contribution is -0.123. The predicted octanol–water partition coefficient (Wildman–Crippen LogP) is -1.00. The van der Waals surface area contributed by atoms with Crippen LogP contribution >= 0.6 is 0 Å². The molecule has 6 nitrogen and oxygen atoms in total. The molecule has 0 amide bonds. The van der Waals surface area contributed by atoms with Gasteiger partial charge in [0.05, 0.1) is 6.10 Å². The molecule has 0 radical (unpaired) electrons. The normalized spacial score (nSPS) is 38.4. The van der Waals surface area contributed by atoms with Crippen LogP contribution in [0, 0.1) is 5.92 Å². The first-order chi connectivity index (χ1) is 8.81. The molecule has 1 heterocycles. The van der Waals surface area contributed by atoms with Crippen molar-refractivity contribution in [2.24, 2.45) is 10.9 Å². The number of nitrogens with one attached hydrogen (secondary N) is 1. The van der Waals surface area contributed by atoms with Crippen molar-refractivity contribution in [1.82, 2.24) is 5.32 Å². The molecular formula is C10H15F3N2O4. The molecule has 5 atom stereocenters. The van der Waals surface area contributed by atoms with Gasteiger partial charge in [-0.05, 0) is 6.42 Å². The molecule has 0 bridgehead atoms. The molecule has 19 heavy (non-hydrogen) atoms. The van der Waals surface area contributed by atoms with Crippen molar-refractivity contribution in [2.45, 2.75) is 37.0 Å². The Morgan fingerprint density at radius 3 is 2.58 bits per heavy atom. The number of fused-ring (bicyclic) bond motifs is 1. The molecule has 0 aromatic carbocycles. The Balaban J connectivity index is 1.99. The Kier molecular flexibility index (Phi) is 3.88. The Bertz CT molecular complexity index is 363. The van der Waals surface area contributed by atoms with Gasteiger partial charge in [-0.3, -0.25) is 0 Å². The van der Waals surface area contributed by atoms with E-state index in [1.54, 1.807) is 0 Å². The molecule has 2 rings (SSSR count). The first kappa shape index (κ1) is 14.4. The summed E-state index contributed by atoms with van der Waals surface area (Å²) < 4.78 is 41.3. The van der Waals surface area contributed by atoms with Crippen LogP contribution in [-0.4, -0.2) is 65.0 Å². The van der Waals surface area contributed by atoms with Gasteiger partial charge < -0.3 is 25.4 Å². The molecule has 1 saturated carbocycles. The van der Waals surface area contributed by atoms with Gasteiger partial charge in [0.25, 0.3) is 6.02 Å². The third-order valence-corrected chi connectivity index (χ3v) is 3.30. The molecule has 110 valence electrons. The summed E-state index contributed by atoms with van der Waals surface area (Å²) in [6.07, 6.45) is -7.24. The molecule has 0 aromatic rings. The van der Waals surface area contributed by atoms with Crippen molar-refractivity contribution in [2.75, 3.05) is 13.2 Å². The number of hydrogen-bond acceptors (Lipinski definition) is 6. The van der Waals surface area contributed by atoms with Crippen molar-refractivity contribution < 1.29 is 33.2 Å². The van der Waals surface area contributed by atoms with Crippen LogP contribution in [0.3, 0.4) is 0 Å². The van der Waals surface area contributed by atoms with Gasteiger partial charge in [0.1, 0.15) is 24.8 Å². The van der Waals surface area contributed by atoms with E-state index in [1.807, 2.05) is 5.32 Å². The zero-order chi connectivity index (χ0) is 14.2. The SMILES string of the molecule is OC[C@H]1C[C@H]2OC(NCC(F)(F)F)=N[C@H]2[C@@H](O)[C@@H]1O. The molecular weight excluding hydrogens is 269 g/mol. The summed E-state index contributed by atoms with van der Waals surface area (Å²) in [5.41, 5.74) is 0. The van der Waals surface area contributed by atoms with Crippen molar-refractivity contribution >= 4 is 6.02 Å². The summed E-state index contributed by atoms with van der Waals surface area (Å²) in [6.45, 7) is -1.62. The minimum absolute atomic E-state index is 0.222. The van der Waals surface area contributed by atoms with Gasteiger partial charge in [-0.25, -0.2) is 4.99 Å². The van der Waals surface area contributed by atoms with Crippen LogP contribution in [0.15, 0.2) is 4.99 Å². The summed E-state index contributed by atoms with van der Waals surface area (Å²) in [5, 5.41) is 30.5. The molecule has 0 spiro atoms. The standard InChI is InChI=1S/C10H15F3N2O4/c11-10(12,13)3-14-9-15-6-5(19-9)1-4(2-16)7(17)8(6)18/h4-8,16-18H,1-3H2,(H,14,15)/t4-,5-,6-,7-,8-/m1/s1. The highest BCUT2D eigenvalue weighted by Crippen LogP contribution is 2.32. The van der Waals surface area contributed by atoms with Crippen molar-refractivity contribution in [3.8, 4) is 0 Å². The number of rotatable bonds is 2. The van der Waals surface area contributed by atoms with Crippen molar-refractivity contribution in [1.29, 1.82) is 0 Å². The number of nitrogens with zero attached hydrogens (tertiary/aromatic N) is 1. The minimum atomic E-state index is -4.40. The first-order valence-corrected chi connectivity index (χ1v) is 5.84. The Hall–Kier alpha value is -1.06. The van der Waals surface area contributed by atoms with E-state index in [9.17, 15) is 23.4 Å². The summed E-state index contributed by atoms with van der Waals surface area (Å²) in [5.74, 6) is -0.576. The molecule has 1 fully saturated rings. The van der Waals surface area contributed by atoms with E-state index < -0.39 is 43.0 Å². The van der Waals surface area contributed by atoms with Crippen LogP contribution in [0.4, 0.5) is 13.2 Å². The monoisotopic (exact) mass is 284 g/mol. The fraction of sp³-hybridized carbons (Fsp3) is 0.900. The number of aliphatic imine (C=N–C) groups is 1. The lowest BCUT2D eigenvalue weighted by atomic mass is 9.80. The van der Waals surface area contributed by atoms with Crippen molar-refractivity contribution in [3.63, 3.8) is 0 Å². The van der Waals surface area contributed by atoms with Gasteiger partial charge in [-0.15, -0.1) is 0 Å². The molecule has 2 aliphatic rings. The lowest BCUT2D eigenvalue weighted by Gasteiger charge is -2.36. The second kappa shape index (κ2) is 5.14. The number of amidine groups is 1. The highest BCUT2D eigenvalue weighted by atomic mass is 19.4. The van der Waals surface area contributed by atoms with E-state index in [0.29, 0.717) is 0 Å². The van der Waals surface area contributed by atoms with Crippen LogP contribution < -0.4 is 5.32 Å². The van der Waals surface area contributed by atoms with Gasteiger partial charge in [0.2, 0.25) is 0 Å². The fourth-order valence-electron chi connectivity index (χ4n) is 2.31. The topological polar surface area (TPSA) is 94.3 Å². The maximum Gasteiger partial charge on any atom is 0.405 e. The van der Waals surface area contributed by atoms with Crippen LogP contribution in [0.2, 0.25) is 0 Å². The summed E-state index contributed by atoms with van der Waals surface area (Å²) >= 11 is 0. The zero-order valence-corrected chi connectivity index (χ0v) is 9.84. The second-order valence-corrected chi connectivity index (χ2v) is 4.71. The largest absolute Gasteiger partial charge is 0.460 e. The van der Waals surface area contributed by atoms with E-state index in [0.717, 1.165) is 0 Å². The van der Waals surface area contributed by atoms with E-state index in [2.05, 4.69) is 4.99 Å². The quantitative estimate of drug-likeness (QED) is 0.521. The summed E-state index contributed by atoms with van der Waals surface area (Å²) in [7, 11) is 0. The number of hydrogen-bond donors (Lipinski definition) is 4.